The van der Waals surface area contributed by atoms with Crippen LogP contribution in [0.25, 0.3) is 0 Å². The van der Waals surface area contributed by atoms with Gasteiger partial charge in [0.1, 0.15) is 6.10 Å². The first-order valence-corrected chi connectivity index (χ1v) is 10.3. The van der Waals surface area contributed by atoms with Crippen LogP contribution < -0.4 is 0 Å². The summed E-state index contributed by atoms with van der Waals surface area (Å²) in [7, 11) is 0. The summed E-state index contributed by atoms with van der Waals surface area (Å²) < 4.78 is 162. The van der Waals surface area contributed by atoms with E-state index in [4.69, 9.17) is 0 Å². The third kappa shape index (κ3) is 5.18. The van der Waals surface area contributed by atoms with E-state index in [0.29, 0.717) is 6.42 Å². The molecular weight excluding hydrogens is 520 g/mol. The minimum Gasteiger partial charge on any atom is -0.462 e. The van der Waals surface area contributed by atoms with Gasteiger partial charge in [0.25, 0.3) is 11.2 Å². The van der Waals surface area contributed by atoms with Crippen LogP contribution in [0.5, 0.6) is 0 Å². The molecule has 0 amide bonds. The van der Waals surface area contributed by atoms with Crippen molar-refractivity contribution in [1.29, 1.82) is 0 Å². The number of hydrogen-bond acceptors (Lipinski definition) is 4. The van der Waals surface area contributed by atoms with Crippen molar-refractivity contribution in [2.45, 2.75) is 81.5 Å². The summed E-state index contributed by atoms with van der Waals surface area (Å²) in [6.45, 7) is 3.50. The molecule has 0 spiro atoms. The Morgan fingerprint density at radius 2 is 1.11 bits per heavy atom. The molecule has 16 heteroatoms. The number of alkyl halides is 12. The van der Waals surface area contributed by atoms with Gasteiger partial charge in [-0.15, -0.1) is 0 Å². The zero-order valence-electron chi connectivity index (χ0n) is 18.0. The predicted octanol–water partition coefficient (Wildman–Crippen LogP) is 5.32. The number of ether oxygens (including phenoxy) is 1. The monoisotopic (exact) mass is 542 g/mol. The van der Waals surface area contributed by atoms with E-state index in [1.807, 2.05) is 6.92 Å². The third-order valence-corrected chi connectivity index (χ3v) is 7.40. The van der Waals surface area contributed by atoms with Gasteiger partial charge < -0.3 is 14.9 Å². The van der Waals surface area contributed by atoms with Gasteiger partial charge in [0.15, 0.2) is 0 Å². The maximum absolute atomic E-state index is 13.1. The molecule has 0 aliphatic heterocycles. The first kappa shape index (κ1) is 29.8. The molecule has 2 rings (SSSR count). The summed E-state index contributed by atoms with van der Waals surface area (Å²) in [6.07, 6.45) is -35.4. The number of hydrogen-bond donors (Lipinski definition) is 2. The Bertz CT molecular complexity index is 715. The summed E-state index contributed by atoms with van der Waals surface area (Å²) in [5.41, 5.74) is -11.7. The number of carbonyl (C=O) groups is 1. The topological polar surface area (TPSA) is 66.8 Å². The van der Waals surface area contributed by atoms with Crippen molar-refractivity contribution in [1.82, 2.24) is 0 Å². The summed E-state index contributed by atoms with van der Waals surface area (Å²) in [4.78, 5) is 12.6. The fourth-order valence-corrected chi connectivity index (χ4v) is 5.06. The van der Waals surface area contributed by atoms with Gasteiger partial charge in [0.05, 0.1) is 5.92 Å². The second-order valence-corrected chi connectivity index (χ2v) is 9.40. The van der Waals surface area contributed by atoms with E-state index in [9.17, 15) is 67.7 Å². The second kappa shape index (κ2) is 8.84. The van der Waals surface area contributed by atoms with E-state index in [1.165, 1.54) is 0 Å². The molecule has 5 unspecified atom stereocenters. The van der Waals surface area contributed by atoms with E-state index in [-0.39, 0.29) is 24.2 Å². The van der Waals surface area contributed by atoms with Crippen molar-refractivity contribution < 1.29 is 72.4 Å². The average molecular weight is 542 g/mol. The number of carbonyl (C=O) groups excluding carboxylic acids is 1. The van der Waals surface area contributed by atoms with E-state index in [0.717, 1.165) is 0 Å². The average Bonchev–Trinajstić information content (AvgIpc) is 3.18. The van der Waals surface area contributed by atoms with Crippen molar-refractivity contribution >= 4 is 5.97 Å². The van der Waals surface area contributed by atoms with Crippen LogP contribution in [-0.2, 0) is 9.53 Å². The molecule has 2 saturated carbocycles. The molecule has 0 aromatic rings. The standard InChI is InChI=1S/C19H22F12O4/c1-7-8(2)11-3-9(7)4-12(11)13(32)35-10(5-14(33,16(20,21)22)17(23,24)25)6-15(34,18(26,27)28)19(29,30)31/h7-12,33-34H,3-6H2,1-2H3. The number of fused-ring (bicyclic) bond motifs is 2. The van der Waals surface area contributed by atoms with Crippen molar-refractivity contribution in [2.24, 2.45) is 29.6 Å². The van der Waals surface area contributed by atoms with Gasteiger partial charge in [-0.1, -0.05) is 13.8 Å². The molecular formula is C19H22F12O4. The maximum Gasteiger partial charge on any atom is 0.426 e. The summed E-state index contributed by atoms with van der Waals surface area (Å²) in [5.74, 6) is -3.52. The van der Waals surface area contributed by atoms with Crippen LogP contribution in [0, 0.1) is 29.6 Å². The fraction of sp³-hybridized carbons (Fsp3) is 0.947. The number of aliphatic hydroxyl groups is 2. The van der Waals surface area contributed by atoms with Crippen molar-refractivity contribution in [2.75, 3.05) is 0 Å². The molecule has 5 atom stereocenters. The lowest BCUT2D eigenvalue weighted by molar-refractivity contribution is -0.386. The van der Waals surface area contributed by atoms with Crippen molar-refractivity contribution in [3.63, 3.8) is 0 Å². The minimum atomic E-state index is -6.62. The van der Waals surface area contributed by atoms with Gasteiger partial charge in [0.2, 0.25) is 0 Å². The van der Waals surface area contributed by atoms with Crippen LogP contribution in [0.2, 0.25) is 0 Å². The van der Waals surface area contributed by atoms with Crippen LogP contribution >= 0.6 is 0 Å². The van der Waals surface area contributed by atoms with Crippen LogP contribution in [0.1, 0.15) is 39.5 Å². The molecule has 4 nitrogen and oxygen atoms in total. The van der Waals surface area contributed by atoms with Gasteiger partial charge >= 0.3 is 30.7 Å². The predicted molar refractivity (Wildman–Crippen MR) is 91.3 cm³/mol. The van der Waals surface area contributed by atoms with Gasteiger partial charge in [-0.2, -0.15) is 52.7 Å². The Balaban J connectivity index is 2.45. The SMILES string of the molecule is CC1C2CC(C(=O)OC(CC(O)(C(F)(F)F)C(F)(F)F)CC(O)(C(F)(F)F)C(F)(F)F)C(C2)C1C. The number of rotatable bonds is 6. The van der Waals surface area contributed by atoms with Crippen LogP contribution in [-0.4, -0.2) is 58.2 Å². The van der Waals surface area contributed by atoms with Gasteiger partial charge in [0, 0.05) is 12.8 Å². The summed E-state index contributed by atoms with van der Waals surface area (Å²) in [6, 6.07) is 0. The Labute approximate surface area is 190 Å². The molecule has 35 heavy (non-hydrogen) atoms. The number of halogens is 12. The molecule has 2 aliphatic carbocycles. The van der Waals surface area contributed by atoms with Crippen LogP contribution in [0.3, 0.4) is 0 Å². The van der Waals surface area contributed by atoms with Crippen LogP contribution in [0.4, 0.5) is 52.7 Å². The Kier molecular flexibility index (Phi) is 7.52. The first-order chi connectivity index (χ1) is 15.4. The van der Waals surface area contributed by atoms with Crippen LogP contribution in [0.15, 0.2) is 0 Å². The minimum absolute atomic E-state index is 0.0212. The quantitative estimate of drug-likeness (QED) is 0.353. The van der Waals surface area contributed by atoms with E-state index in [2.05, 4.69) is 4.74 Å². The van der Waals surface area contributed by atoms with E-state index >= 15 is 0 Å². The van der Waals surface area contributed by atoms with Gasteiger partial charge in [-0.05, 0) is 36.5 Å². The molecule has 0 heterocycles. The smallest absolute Gasteiger partial charge is 0.426 e. The lowest BCUT2D eigenvalue weighted by Gasteiger charge is -2.39. The summed E-state index contributed by atoms with van der Waals surface area (Å²) in [5, 5.41) is 18.7. The highest BCUT2D eigenvalue weighted by Crippen LogP contribution is 2.56. The zero-order valence-corrected chi connectivity index (χ0v) is 18.0. The van der Waals surface area contributed by atoms with Gasteiger partial charge in [-0.25, -0.2) is 0 Å². The molecule has 0 aromatic carbocycles. The Morgan fingerprint density at radius 3 is 1.40 bits per heavy atom. The molecule has 0 radical (unpaired) electrons. The van der Waals surface area contributed by atoms with Crippen molar-refractivity contribution in [3.8, 4) is 0 Å². The summed E-state index contributed by atoms with van der Waals surface area (Å²) >= 11 is 0. The largest absolute Gasteiger partial charge is 0.462 e. The third-order valence-electron chi connectivity index (χ3n) is 7.40. The second-order valence-electron chi connectivity index (χ2n) is 9.40. The highest BCUT2D eigenvalue weighted by atomic mass is 19.4. The highest BCUT2D eigenvalue weighted by molar-refractivity contribution is 5.73. The molecule has 0 saturated heterocycles. The maximum atomic E-state index is 13.1. The normalized spacial score (nSPS) is 28.7. The van der Waals surface area contributed by atoms with E-state index in [1.54, 1.807) is 6.92 Å². The van der Waals surface area contributed by atoms with E-state index < -0.39 is 72.7 Å². The van der Waals surface area contributed by atoms with Gasteiger partial charge in [-0.3, -0.25) is 4.79 Å². The molecule has 2 aliphatic rings. The first-order valence-electron chi connectivity index (χ1n) is 10.3. The number of esters is 1. The zero-order chi connectivity index (χ0) is 27.6. The lowest BCUT2D eigenvalue weighted by atomic mass is 9.76. The molecule has 2 N–H and O–H groups in total. The Hall–Kier alpha value is -1.45. The molecule has 206 valence electrons. The Morgan fingerprint density at radius 1 is 0.743 bits per heavy atom. The molecule has 0 aromatic heterocycles. The highest BCUT2D eigenvalue weighted by Gasteiger charge is 2.74. The molecule has 2 fully saturated rings. The lowest BCUT2D eigenvalue weighted by Crippen LogP contribution is -2.62. The fourth-order valence-electron chi connectivity index (χ4n) is 5.06. The molecule has 2 bridgehead atoms. The van der Waals surface area contributed by atoms with Crippen molar-refractivity contribution in [3.05, 3.63) is 0 Å².